The third-order valence-corrected chi connectivity index (χ3v) is 15.4. The van der Waals surface area contributed by atoms with E-state index in [1.807, 2.05) is 27.0 Å². The van der Waals surface area contributed by atoms with Crippen molar-refractivity contribution in [3.05, 3.63) is 35.0 Å². The van der Waals surface area contributed by atoms with Crippen molar-refractivity contribution in [2.24, 2.45) is 23.7 Å². The first-order valence-corrected chi connectivity index (χ1v) is 23.5. The smallest absolute Gasteiger partial charge is 0.268 e. The van der Waals surface area contributed by atoms with Crippen molar-refractivity contribution in [1.82, 2.24) is 41.0 Å². The van der Waals surface area contributed by atoms with Gasteiger partial charge in [0.2, 0.25) is 29.5 Å². The number of H-pyrrole nitrogens is 1. The van der Waals surface area contributed by atoms with Gasteiger partial charge in [-0.15, -0.1) is 0 Å². The van der Waals surface area contributed by atoms with Gasteiger partial charge in [-0.2, -0.15) is 10.5 Å². The van der Waals surface area contributed by atoms with Crippen LogP contribution in [0.25, 0.3) is 10.9 Å². The number of nitriles is 2. The fourth-order valence-electron chi connectivity index (χ4n) is 10.9. The highest BCUT2D eigenvalue weighted by Gasteiger charge is 2.55. The number of nitrogens with one attached hydrogen (secondary N) is 5. The Morgan fingerprint density at radius 1 is 0.969 bits per heavy atom. The normalized spacial score (nSPS) is 28.8. The number of hydrogen-bond acceptors (Lipinski definition) is 9. The number of likely N-dealkylation sites (tertiary alicyclic amines) is 3. The molecule has 5 heterocycles. The van der Waals surface area contributed by atoms with Crippen molar-refractivity contribution in [3.63, 3.8) is 0 Å². The molecule has 6 fully saturated rings. The summed E-state index contributed by atoms with van der Waals surface area (Å²) >= 11 is 6.38. The zero-order chi connectivity index (χ0) is 45.7. The molecule has 4 saturated heterocycles. The number of carbonyl (C=O) groups is 6. The molecule has 16 nitrogen and oxygen atoms in total. The average Bonchev–Trinajstić information content (AvgIpc) is 4.04. The molecule has 6 unspecified atom stereocenters. The van der Waals surface area contributed by atoms with Gasteiger partial charge >= 0.3 is 0 Å². The number of fused-ring (bicyclic) bond motifs is 1. The number of piperidine rings is 1. The molecule has 4 aliphatic heterocycles. The second kappa shape index (κ2) is 17.7. The highest BCUT2D eigenvalue weighted by atomic mass is 35.5. The van der Waals surface area contributed by atoms with E-state index in [-0.39, 0.29) is 66.1 Å². The quantitative estimate of drug-likeness (QED) is 0.165. The first-order chi connectivity index (χ1) is 30.4. The van der Waals surface area contributed by atoms with E-state index < -0.39 is 52.9 Å². The predicted molar refractivity (Wildman–Crippen MR) is 237 cm³/mol. The molecule has 8 rings (SSSR count). The lowest BCUT2D eigenvalue weighted by Crippen LogP contribution is -2.57. The minimum Gasteiger partial charge on any atom is -0.351 e. The van der Waals surface area contributed by atoms with Gasteiger partial charge in [0, 0.05) is 41.9 Å². The van der Waals surface area contributed by atoms with Gasteiger partial charge in [0.25, 0.3) is 5.91 Å². The molecule has 0 radical (unpaired) electrons. The number of halogens is 1. The number of aromatic nitrogens is 1. The predicted octanol–water partition coefficient (Wildman–Crippen LogP) is 3.90. The first kappa shape index (κ1) is 45.4. The molecular weight excluding hydrogens is 836 g/mol. The van der Waals surface area contributed by atoms with E-state index in [0.29, 0.717) is 61.7 Å². The van der Waals surface area contributed by atoms with Crippen molar-refractivity contribution in [3.8, 4) is 12.1 Å². The lowest BCUT2D eigenvalue weighted by Gasteiger charge is -2.37. The number of benzene rings is 1. The second-order valence-corrected chi connectivity index (χ2v) is 20.8. The van der Waals surface area contributed by atoms with Gasteiger partial charge in [0.15, 0.2) is 0 Å². The van der Waals surface area contributed by atoms with E-state index in [1.54, 1.807) is 34.9 Å². The Bertz CT molecular complexity index is 2300. The first-order valence-electron chi connectivity index (χ1n) is 23.1. The van der Waals surface area contributed by atoms with E-state index in [1.165, 1.54) is 0 Å². The van der Waals surface area contributed by atoms with Crippen LogP contribution in [0.3, 0.4) is 0 Å². The molecule has 1 aromatic carbocycles. The third-order valence-electron chi connectivity index (χ3n) is 15.1. The van der Waals surface area contributed by atoms with Crippen LogP contribution in [0.4, 0.5) is 0 Å². The monoisotopic (exact) mass is 896 g/mol. The van der Waals surface area contributed by atoms with Gasteiger partial charge in [-0.1, -0.05) is 36.6 Å². The molecule has 0 bridgehead atoms. The van der Waals surface area contributed by atoms with E-state index in [2.05, 4.69) is 43.3 Å². The van der Waals surface area contributed by atoms with E-state index in [0.717, 1.165) is 44.0 Å². The number of nitrogens with zero attached hydrogens (tertiary/aromatic N) is 5. The van der Waals surface area contributed by atoms with E-state index in [4.69, 9.17) is 11.6 Å². The van der Waals surface area contributed by atoms with Crippen LogP contribution in [0.1, 0.15) is 115 Å². The Kier molecular flexibility index (Phi) is 12.5. The van der Waals surface area contributed by atoms with Crippen molar-refractivity contribution >= 4 is 57.9 Å². The van der Waals surface area contributed by atoms with Gasteiger partial charge in [-0.25, -0.2) is 0 Å². The lowest BCUT2D eigenvalue weighted by atomic mass is 9.80. The number of carbonyl (C=O) groups excluding carboxylic acids is 6. The van der Waals surface area contributed by atoms with Crippen LogP contribution in [-0.2, 0) is 24.0 Å². The van der Waals surface area contributed by atoms with E-state index >= 15 is 0 Å². The molecule has 2 saturated carbocycles. The van der Waals surface area contributed by atoms with Crippen LogP contribution in [0.5, 0.6) is 0 Å². The second-order valence-electron chi connectivity index (χ2n) is 20.4. The van der Waals surface area contributed by atoms with Crippen molar-refractivity contribution in [2.75, 3.05) is 26.7 Å². The Balaban J connectivity index is 0.910. The molecule has 2 aromatic rings. The summed E-state index contributed by atoms with van der Waals surface area (Å²) < 4.78 is 0. The minimum absolute atomic E-state index is 0.00114. The summed E-state index contributed by atoms with van der Waals surface area (Å²) in [6.07, 6.45) is 7.79. The number of amides is 6. The molecule has 64 heavy (non-hydrogen) atoms. The number of rotatable bonds is 16. The van der Waals surface area contributed by atoms with Crippen molar-refractivity contribution in [1.29, 1.82) is 10.5 Å². The third kappa shape index (κ3) is 9.32. The van der Waals surface area contributed by atoms with E-state index in [9.17, 15) is 39.3 Å². The minimum atomic E-state index is -1.41. The van der Waals surface area contributed by atoms with Crippen LogP contribution < -0.4 is 21.3 Å². The summed E-state index contributed by atoms with van der Waals surface area (Å²) in [5.41, 5.74) is -1.55. The highest BCUT2D eigenvalue weighted by Crippen LogP contribution is 2.44. The average molecular weight is 898 g/mol. The number of likely N-dealkylation sites (N-methyl/N-ethyl adjacent to an activating group) is 1. The van der Waals surface area contributed by atoms with Crippen LogP contribution >= 0.6 is 11.6 Å². The Hall–Kier alpha value is -5.19. The fraction of sp³-hybridized carbons (Fsp3) is 0.660. The zero-order valence-electron chi connectivity index (χ0n) is 37.3. The van der Waals surface area contributed by atoms with Crippen LogP contribution in [0.2, 0.25) is 5.02 Å². The molecule has 9 atom stereocenters. The van der Waals surface area contributed by atoms with Gasteiger partial charge < -0.3 is 36.1 Å². The maximum absolute atomic E-state index is 14.2. The highest BCUT2D eigenvalue weighted by molar-refractivity contribution is 6.35. The standard InChI is InChI=1S/C47H61ClN10O6/c1-45(2)14-11-30(39(59)54-45)24-46(3,26-50)55-41(61)35(53-40(60)34-21-28-7-5-8-33(48)38(28)52-34)22-31-23-36(31)57-17-12-29(43(57)63)20-32(25-49)51-42(62)37(19-27-9-10-27)58-18-15-47(44(58)64)13-6-16-56(47)4/h5,7-8,21,27,29-32,35-37,52H,6,9-20,22-24H2,1-4H3,(H,51,62)(H,53,60)(H,54,59)(H,55,61)/t29-,30?,31?,32-,35?,36?,37+,46?,47?/m0/s1. The molecule has 342 valence electrons. The van der Waals surface area contributed by atoms with Crippen molar-refractivity contribution in [2.45, 2.75) is 145 Å². The van der Waals surface area contributed by atoms with Gasteiger partial charge in [0.1, 0.15) is 34.9 Å². The maximum atomic E-state index is 14.2. The summed E-state index contributed by atoms with van der Waals surface area (Å²) in [5, 5.41) is 33.4. The largest absolute Gasteiger partial charge is 0.351 e. The van der Waals surface area contributed by atoms with Gasteiger partial charge in [0.05, 0.1) is 22.7 Å². The molecule has 6 aliphatic rings. The summed E-state index contributed by atoms with van der Waals surface area (Å²) in [7, 11) is 1.98. The number of para-hydroxylation sites is 1. The molecule has 17 heteroatoms. The fourth-order valence-corrected chi connectivity index (χ4v) is 11.2. The van der Waals surface area contributed by atoms with Crippen molar-refractivity contribution < 1.29 is 28.8 Å². The molecule has 5 N–H and O–H groups in total. The number of hydrogen-bond donors (Lipinski definition) is 5. The molecule has 2 aliphatic carbocycles. The summed E-state index contributed by atoms with van der Waals surface area (Å²) in [6, 6.07) is 8.50. The Labute approximate surface area is 379 Å². The van der Waals surface area contributed by atoms with Gasteiger partial charge in [-0.3, -0.25) is 33.7 Å². The van der Waals surface area contributed by atoms with Gasteiger partial charge in [-0.05, 0) is 129 Å². The summed E-state index contributed by atoms with van der Waals surface area (Å²) in [6.45, 7) is 7.27. The van der Waals surface area contributed by atoms with Crippen LogP contribution in [0, 0.1) is 46.3 Å². The van der Waals surface area contributed by atoms with Crippen LogP contribution in [0.15, 0.2) is 24.3 Å². The Morgan fingerprint density at radius 3 is 2.42 bits per heavy atom. The zero-order valence-corrected chi connectivity index (χ0v) is 38.1. The Morgan fingerprint density at radius 2 is 1.75 bits per heavy atom. The van der Waals surface area contributed by atoms with Crippen LogP contribution in [-0.4, -0.2) is 123 Å². The lowest BCUT2D eigenvalue weighted by molar-refractivity contribution is -0.143. The molecular formula is C47H61ClN10O6. The molecule has 1 spiro atoms. The SMILES string of the molecule is CN1CCCC12CCN([C@H](CC1CC1)C(=O)N[C@H](C#N)C[C@@H]1CCN(C3CC3CC(NC(=O)c3cc4cccc(Cl)c4[nH]3)C(=O)NC(C)(C#N)CC3CCC(C)(C)NC3=O)C1=O)C2=O. The molecule has 6 amide bonds. The summed E-state index contributed by atoms with van der Waals surface area (Å²) in [5.74, 6) is -2.51. The number of aromatic amines is 1. The maximum Gasteiger partial charge on any atom is 0.268 e. The molecule has 1 aromatic heterocycles. The topological polar surface area (TPSA) is 224 Å². The summed E-state index contributed by atoms with van der Waals surface area (Å²) in [4.78, 5) is 91.4.